The third-order valence-electron chi connectivity index (χ3n) is 3.20. The van der Waals surface area contributed by atoms with E-state index in [1.54, 1.807) is 24.3 Å². The van der Waals surface area contributed by atoms with Crippen molar-refractivity contribution in [2.45, 2.75) is 25.9 Å². The average molecular weight is 259 g/mol. The molecule has 100 valence electrons. The number of hydrogen-bond acceptors (Lipinski definition) is 5. The third-order valence-corrected chi connectivity index (χ3v) is 3.20. The van der Waals surface area contributed by atoms with Gasteiger partial charge in [0.15, 0.2) is 5.88 Å². The Hall–Kier alpha value is -2.30. The lowest BCUT2D eigenvalue weighted by atomic mass is 9.98. The zero-order valence-electron chi connectivity index (χ0n) is 10.8. The summed E-state index contributed by atoms with van der Waals surface area (Å²) in [5.74, 6) is -0.969. The maximum atomic E-state index is 11.0. The molecule has 19 heavy (non-hydrogen) atoms. The molecule has 0 aromatic heterocycles. The predicted octanol–water partition coefficient (Wildman–Crippen LogP) is 1.12. The molecule has 0 bridgehead atoms. The summed E-state index contributed by atoms with van der Waals surface area (Å²) in [6, 6.07) is 6.43. The molecule has 1 unspecified atom stereocenters. The molecule has 2 N–H and O–H groups in total. The van der Waals surface area contributed by atoms with Gasteiger partial charge in [-0.1, -0.05) is 25.1 Å². The number of benzene rings is 1. The number of aliphatic imine (C=N–C) groups is 1. The van der Waals surface area contributed by atoms with Gasteiger partial charge in [0.25, 0.3) is 0 Å². The van der Waals surface area contributed by atoms with Crippen LogP contribution in [0.5, 0.6) is 0 Å². The summed E-state index contributed by atoms with van der Waals surface area (Å²) in [7, 11) is 0. The van der Waals surface area contributed by atoms with Crippen LogP contribution in [0.25, 0.3) is 0 Å². The summed E-state index contributed by atoms with van der Waals surface area (Å²) < 4.78 is 5.53. The number of carbonyl (C=O) groups is 1. The first-order chi connectivity index (χ1) is 8.96. The van der Waals surface area contributed by atoms with Crippen LogP contribution in [0.4, 0.5) is 5.69 Å². The van der Waals surface area contributed by atoms with Crippen LogP contribution < -0.4 is 10.8 Å². The van der Waals surface area contributed by atoms with Gasteiger partial charge in [-0.15, -0.1) is 0 Å². The number of carboxylic acids is 1. The molecule has 0 fully saturated rings. The average Bonchev–Trinajstić information content (AvgIpc) is 2.65. The van der Waals surface area contributed by atoms with Gasteiger partial charge in [0, 0.05) is 11.6 Å². The Balaban J connectivity index is 2.49. The fourth-order valence-corrected chi connectivity index (χ4v) is 1.91. The molecular weight excluding hydrogens is 244 g/mol. The van der Waals surface area contributed by atoms with E-state index in [1.165, 1.54) is 6.07 Å². The number of ether oxygens (including phenoxy) is 1. The highest BCUT2D eigenvalue weighted by Crippen LogP contribution is 2.30. The van der Waals surface area contributed by atoms with Crippen LogP contribution in [-0.4, -0.2) is 17.3 Å². The first-order valence-corrected chi connectivity index (χ1v) is 6.02. The minimum Gasteiger partial charge on any atom is -0.545 e. The van der Waals surface area contributed by atoms with Crippen LogP contribution in [0.2, 0.25) is 0 Å². The Kier molecular flexibility index (Phi) is 3.29. The van der Waals surface area contributed by atoms with Gasteiger partial charge in [-0.05, 0) is 19.4 Å². The SMILES string of the molecule is CCC1(C)OC(N)=CC1=Nc1ccccc1C(=O)[O-]. The number of para-hydroxylation sites is 1. The maximum absolute atomic E-state index is 11.0. The molecular formula is C14H15N2O3-. The van der Waals surface area contributed by atoms with E-state index in [1.807, 2.05) is 13.8 Å². The van der Waals surface area contributed by atoms with Crippen LogP contribution in [-0.2, 0) is 4.74 Å². The van der Waals surface area contributed by atoms with Gasteiger partial charge in [0.05, 0.1) is 17.4 Å². The lowest BCUT2D eigenvalue weighted by Crippen LogP contribution is -2.32. The number of carbonyl (C=O) groups excluding carboxylic acids is 1. The molecule has 1 atom stereocenters. The van der Waals surface area contributed by atoms with Crippen molar-refractivity contribution in [3.8, 4) is 0 Å². The quantitative estimate of drug-likeness (QED) is 0.881. The van der Waals surface area contributed by atoms with Gasteiger partial charge in [0.2, 0.25) is 0 Å². The van der Waals surface area contributed by atoms with Crippen molar-refractivity contribution < 1.29 is 14.6 Å². The van der Waals surface area contributed by atoms with E-state index in [0.717, 1.165) is 0 Å². The highest BCUT2D eigenvalue weighted by atomic mass is 16.5. The van der Waals surface area contributed by atoms with Gasteiger partial charge < -0.3 is 20.4 Å². The van der Waals surface area contributed by atoms with Crippen LogP contribution >= 0.6 is 0 Å². The summed E-state index contributed by atoms with van der Waals surface area (Å²) in [4.78, 5) is 15.4. The monoisotopic (exact) mass is 259 g/mol. The van der Waals surface area contributed by atoms with Gasteiger partial charge in [-0.25, -0.2) is 4.99 Å². The topological polar surface area (TPSA) is 87.7 Å². The lowest BCUT2D eigenvalue weighted by Gasteiger charge is -2.23. The Morgan fingerprint density at radius 1 is 1.47 bits per heavy atom. The Bertz CT molecular complexity index is 578. The van der Waals surface area contributed by atoms with E-state index >= 15 is 0 Å². The molecule has 1 aliphatic rings. The zero-order valence-corrected chi connectivity index (χ0v) is 10.8. The number of nitrogens with two attached hydrogens (primary N) is 1. The van der Waals surface area contributed by atoms with Crippen molar-refractivity contribution in [3.63, 3.8) is 0 Å². The van der Waals surface area contributed by atoms with E-state index in [2.05, 4.69) is 4.99 Å². The number of aromatic carboxylic acids is 1. The minimum absolute atomic E-state index is 0.0484. The Labute approximate surface area is 111 Å². The van der Waals surface area contributed by atoms with Crippen molar-refractivity contribution in [1.29, 1.82) is 0 Å². The summed E-state index contributed by atoms with van der Waals surface area (Å²) in [6.07, 6.45) is 2.30. The molecule has 0 spiro atoms. The molecule has 0 saturated heterocycles. The molecule has 1 aromatic rings. The first-order valence-electron chi connectivity index (χ1n) is 6.02. The number of nitrogens with zero attached hydrogens (tertiary/aromatic N) is 1. The van der Waals surface area contributed by atoms with Crippen LogP contribution in [0, 0.1) is 0 Å². The molecule has 2 rings (SSSR count). The molecule has 0 amide bonds. The minimum atomic E-state index is -1.26. The lowest BCUT2D eigenvalue weighted by molar-refractivity contribution is -0.254. The summed E-state index contributed by atoms with van der Waals surface area (Å²) >= 11 is 0. The Morgan fingerprint density at radius 2 is 2.16 bits per heavy atom. The van der Waals surface area contributed by atoms with Gasteiger partial charge >= 0.3 is 0 Å². The fourth-order valence-electron chi connectivity index (χ4n) is 1.91. The van der Waals surface area contributed by atoms with Crippen molar-refractivity contribution in [1.82, 2.24) is 0 Å². The second kappa shape index (κ2) is 4.76. The molecule has 0 radical (unpaired) electrons. The maximum Gasteiger partial charge on any atom is 0.187 e. The highest BCUT2D eigenvalue weighted by Gasteiger charge is 2.35. The Morgan fingerprint density at radius 3 is 2.79 bits per heavy atom. The standard InChI is InChI=1S/C14H16N2O3/c1-3-14(2)11(8-12(15)19-14)16-10-7-5-4-6-9(10)13(17)18/h4-8H,3,15H2,1-2H3,(H,17,18)/p-1. The van der Waals surface area contributed by atoms with E-state index in [4.69, 9.17) is 10.5 Å². The molecule has 0 aliphatic carbocycles. The molecule has 1 aliphatic heterocycles. The van der Waals surface area contributed by atoms with Crippen LogP contribution in [0.1, 0.15) is 30.6 Å². The van der Waals surface area contributed by atoms with Crippen molar-refractivity contribution in [2.75, 3.05) is 0 Å². The largest absolute Gasteiger partial charge is 0.545 e. The fraction of sp³-hybridized carbons (Fsp3) is 0.286. The van der Waals surface area contributed by atoms with Gasteiger partial charge in [0.1, 0.15) is 5.60 Å². The summed E-state index contributed by atoms with van der Waals surface area (Å²) in [5.41, 5.74) is 6.04. The third kappa shape index (κ3) is 2.45. The zero-order chi connectivity index (χ0) is 14.0. The second-order valence-electron chi connectivity index (χ2n) is 4.53. The number of hydrogen-bond donors (Lipinski definition) is 1. The summed E-state index contributed by atoms with van der Waals surface area (Å²) in [5, 5.41) is 11.0. The van der Waals surface area contributed by atoms with E-state index in [0.29, 0.717) is 17.8 Å². The van der Waals surface area contributed by atoms with Crippen molar-refractivity contribution in [2.24, 2.45) is 10.7 Å². The molecule has 5 nitrogen and oxygen atoms in total. The van der Waals surface area contributed by atoms with Crippen molar-refractivity contribution >= 4 is 17.4 Å². The number of rotatable bonds is 3. The molecule has 5 heteroatoms. The molecule has 0 saturated carbocycles. The molecule has 1 aromatic carbocycles. The van der Waals surface area contributed by atoms with Crippen molar-refractivity contribution in [3.05, 3.63) is 41.8 Å². The van der Waals surface area contributed by atoms with Crippen LogP contribution in [0.15, 0.2) is 41.2 Å². The smallest absolute Gasteiger partial charge is 0.187 e. The highest BCUT2D eigenvalue weighted by molar-refractivity contribution is 6.06. The normalized spacial score (nSPS) is 24.1. The van der Waals surface area contributed by atoms with E-state index in [-0.39, 0.29) is 11.4 Å². The van der Waals surface area contributed by atoms with Crippen LogP contribution in [0.3, 0.4) is 0 Å². The summed E-state index contributed by atoms with van der Waals surface area (Å²) in [6.45, 7) is 3.82. The first kappa shape index (κ1) is 13.1. The van der Waals surface area contributed by atoms with Gasteiger partial charge in [-0.2, -0.15) is 0 Å². The van der Waals surface area contributed by atoms with E-state index in [9.17, 15) is 9.90 Å². The van der Waals surface area contributed by atoms with Gasteiger partial charge in [-0.3, -0.25) is 0 Å². The number of carboxylic acid groups (broad SMARTS) is 1. The predicted molar refractivity (Wildman–Crippen MR) is 69.9 cm³/mol. The second-order valence-corrected chi connectivity index (χ2v) is 4.53. The van der Waals surface area contributed by atoms with E-state index < -0.39 is 11.6 Å². The molecule has 1 heterocycles.